The molecule has 13 heteroatoms. The number of carbonyl (C=O) groups excluding carboxylic acids is 1. The summed E-state index contributed by atoms with van der Waals surface area (Å²) in [6.45, 7) is 6.45. The van der Waals surface area contributed by atoms with E-state index in [2.05, 4.69) is 29.5 Å². The second-order valence-corrected chi connectivity index (χ2v) is 8.67. The molecular formula is C20H29F3N6O3S. The van der Waals surface area contributed by atoms with Crippen molar-refractivity contribution in [2.45, 2.75) is 57.8 Å². The van der Waals surface area contributed by atoms with Crippen molar-refractivity contribution in [2.24, 2.45) is 11.7 Å². The van der Waals surface area contributed by atoms with Crippen LogP contribution in [0.4, 0.5) is 23.7 Å². The number of urea groups is 1. The Morgan fingerprint density at radius 3 is 2.55 bits per heavy atom. The summed E-state index contributed by atoms with van der Waals surface area (Å²) >= 11 is 1.58. The Kier molecular flexibility index (Phi) is 9.23. The van der Waals surface area contributed by atoms with Gasteiger partial charge in [-0.25, -0.2) is 9.59 Å². The highest BCUT2D eigenvalue weighted by atomic mass is 32.1. The molecule has 0 aliphatic carbocycles. The summed E-state index contributed by atoms with van der Waals surface area (Å²) in [4.78, 5) is 23.2. The van der Waals surface area contributed by atoms with Gasteiger partial charge in [0.05, 0.1) is 17.4 Å². The average Bonchev–Trinajstić information content (AvgIpc) is 3.45. The quantitative estimate of drug-likeness (QED) is 0.564. The third kappa shape index (κ3) is 7.70. The number of nitrogens with zero attached hydrogens (tertiary/aromatic N) is 4. The van der Waals surface area contributed by atoms with Crippen molar-refractivity contribution < 1.29 is 27.9 Å². The number of carboxylic acids is 1. The van der Waals surface area contributed by atoms with Crippen LogP contribution in [0.2, 0.25) is 0 Å². The second-order valence-electron chi connectivity index (χ2n) is 7.89. The van der Waals surface area contributed by atoms with Crippen molar-refractivity contribution in [3.8, 4) is 0 Å². The summed E-state index contributed by atoms with van der Waals surface area (Å²) in [5.41, 5.74) is 7.72. The zero-order valence-electron chi connectivity index (χ0n) is 18.5. The first-order valence-electron chi connectivity index (χ1n) is 10.6. The highest BCUT2D eigenvalue weighted by molar-refractivity contribution is 7.08. The number of nitrogens with two attached hydrogens (primary N) is 1. The molecule has 1 saturated heterocycles. The van der Waals surface area contributed by atoms with Crippen molar-refractivity contribution in [1.82, 2.24) is 19.9 Å². The summed E-state index contributed by atoms with van der Waals surface area (Å²) in [5, 5.41) is 22.6. The van der Waals surface area contributed by atoms with Crippen LogP contribution in [-0.4, -0.2) is 56.3 Å². The van der Waals surface area contributed by atoms with Crippen molar-refractivity contribution in [3.05, 3.63) is 28.7 Å². The molecule has 184 valence electrons. The molecule has 0 radical (unpaired) electrons. The zero-order valence-corrected chi connectivity index (χ0v) is 19.3. The fourth-order valence-electron chi connectivity index (χ4n) is 3.43. The van der Waals surface area contributed by atoms with Gasteiger partial charge in [0, 0.05) is 25.0 Å². The van der Waals surface area contributed by atoms with E-state index in [1.165, 1.54) is 0 Å². The van der Waals surface area contributed by atoms with Gasteiger partial charge in [-0.2, -0.15) is 24.5 Å². The van der Waals surface area contributed by atoms with Gasteiger partial charge in [-0.15, -0.1) is 5.10 Å². The number of piperidine rings is 1. The fraction of sp³-hybridized carbons (Fsp3) is 0.600. The summed E-state index contributed by atoms with van der Waals surface area (Å²) < 4.78 is 33.6. The molecule has 2 amide bonds. The molecule has 4 N–H and O–H groups in total. The van der Waals surface area contributed by atoms with Crippen LogP contribution in [0.5, 0.6) is 0 Å². The average molecular weight is 491 g/mol. The lowest BCUT2D eigenvalue weighted by Gasteiger charge is -2.32. The Hall–Kier alpha value is -2.67. The second kappa shape index (κ2) is 11.5. The molecule has 2 aromatic heterocycles. The lowest BCUT2D eigenvalue weighted by Crippen LogP contribution is -2.43. The fourth-order valence-corrected chi connectivity index (χ4v) is 4.02. The number of aliphatic carboxylic acids is 1. The van der Waals surface area contributed by atoms with Crippen LogP contribution in [0.1, 0.15) is 45.2 Å². The number of carboxylic acid groups (broad SMARTS) is 1. The minimum absolute atomic E-state index is 0.0229. The Balaban J connectivity index is 0.000000479. The Bertz CT molecular complexity index is 899. The van der Waals surface area contributed by atoms with Gasteiger partial charge in [-0.05, 0) is 43.0 Å². The number of hydrogen-bond donors (Lipinski definition) is 3. The first-order valence-corrected chi connectivity index (χ1v) is 11.5. The largest absolute Gasteiger partial charge is 0.490 e. The van der Waals surface area contributed by atoms with Crippen LogP contribution >= 0.6 is 11.3 Å². The van der Waals surface area contributed by atoms with E-state index in [-0.39, 0.29) is 6.03 Å². The number of thiophene rings is 1. The van der Waals surface area contributed by atoms with Crippen LogP contribution in [0.15, 0.2) is 23.0 Å². The first-order chi connectivity index (χ1) is 15.5. The standard InChI is InChI=1S/C18H28N6OS.C2HF3O2/c1-3-18(19,4-2)16-12-24(22-21-16)11-14-6-5-8-23(10-14)17(25)20-15-7-9-26-13-15;3-2(4,5)1(6)7/h7,9,12-14H,3-6,8,10-11,19H2,1-2H3,(H,20,25);(H,6,7). The number of aromatic nitrogens is 3. The zero-order chi connectivity index (χ0) is 24.6. The topological polar surface area (TPSA) is 126 Å². The van der Waals surface area contributed by atoms with E-state index < -0.39 is 17.7 Å². The van der Waals surface area contributed by atoms with Gasteiger partial charge in [0.2, 0.25) is 0 Å². The highest BCUT2D eigenvalue weighted by Gasteiger charge is 2.38. The van der Waals surface area contributed by atoms with Gasteiger partial charge in [-0.1, -0.05) is 19.1 Å². The maximum absolute atomic E-state index is 12.4. The van der Waals surface area contributed by atoms with Gasteiger partial charge in [0.1, 0.15) is 5.69 Å². The van der Waals surface area contributed by atoms with Crippen molar-refractivity contribution in [2.75, 3.05) is 18.4 Å². The maximum Gasteiger partial charge on any atom is 0.490 e. The molecule has 1 unspecified atom stereocenters. The minimum atomic E-state index is -5.08. The highest BCUT2D eigenvalue weighted by Crippen LogP contribution is 2.24. The van der Waals surface area contributed by atoms with Crippen LogP contribution in [0.3, 0.4) is 0 Å². The monoisotopic (exact) mass is 490 g/mol. The molecule has 1 fully saturated rings. The molecule has 33 heavy (non-hydrogen) atoms. The van der Waals surface area contributed by atoms with E-state index in [0.717, 1.165) is 56.7 Å². The number of hydrogen-bond acceptors (Lipinski definition) is 6. The smallest absolute Gasteiger partial charge is 0.475 e. The molecule has 0 aromatic carbocycles. The van der Waals surface area contributed by atoms with Gasteiger partial charge in [0.15, 0.2) is 0 Å². The van der Waals surface area contributed by atoms with Gasteiger partial charge < -0.3 is 21.1 Å². The molecule has 1 atom stereocenters. The number of amides is 2. The lowest BCUT2D eigenvalue weighted by atomic mass is 9.91. The molecule has 1 aliphatic heterocycles. The molecule has 1 aliphatic rings. The number of nitrogens with one attached hydrogen (secondary N) is 1. The van der Waals surface area contributed by atoms with Crippen LogP contribution in [0, 0.1) is 5.92 Å². The number of rotatable bonds is 6. The lowest BCUT2D eigenvalue weighted by molar-refractivity contribution is -0.192. The molecule has 3 heterocycles. The molecular weight excluding hydrogens is 461 g/mol. The summed E-state index contributed by atoms with van der Waals surface area (Å²) in [7, 11) is 0. The number of carbonyl (C=O) groups is 2. The SMILES string of the molecule is CCC(N)(CC)c1cn(CC2CCCN(C(=O)Nc3ccsc3)C2)nn1.O=C(O)C(F)(F)F. The normalized spacial score (nSPS) is 16.7. The summed E-state index contributed by atoms with van der Waals surface area (Å²) in [5.74, 6) is -2.38. The molecule has 0 saturated carbocycles. The predicted octanol–water partition coefficient (Wildman–Crippen LogP) is 3.89. The minimum Gasteiger partial charge on any atom is -0.475 e. The van der Waals surface area contributed by atoms with Gasteiger partial charge in [0.25, 0.3) is 0 Å². The van der Waals surface area contributed by atoms with Crippen LogP contribution < -0.4 is 11.1 Å². The van der Waals surface area contributed by atoms with E-state index in [4.69, 9.17) is 15.6 Å². The van der Waals surface area contributed by atoms with Crippen LogP contribution in [-0.2, 0) is 16.9 Å². The molecule has 3 rings (SSSR count). The van der Waals surface area contributed by atoms with E-state index in [0.29, 0.717) is 5.92 Å². The van der Waals surface area contributed by atoms with E-state index in [9.17, 15) is 18.0 Å². The van der Waals surface area contributed by atoms with Crippen molar-refractivity contribution >= 4 is 29.0 Å². The van der Waals surface area contributed by atoms with Crippen molar-refractivity contribution in [3.63, 3.8) is 0 Å². The number of halogens is 3. The Labute approximate surface area is 193 Å². The molecule has 0 bridgehead atoms. The van der Waals surface area contributed by atoms with E-state index in [1.807, 2.05) is 32.6 Å². The summed E-state index contributed by atoms with van der Waals surface area (Å²) in [6.07, 6.45) is 0.655. The Morgan fingerprint density at radius 1 is 1.33 bits per heavy atom. The van der Waals surface area contributed by atoms with Crippen molar-refractivity contribution in [1.29, 1.82) is 0 Å². The Morgan fingerprint density at radius 2 is 2.00 bits per heavy atom. The van der Waals surface area contributed by atoms with E-state index >= 15 is 0 Å². The molecule has 2 aromatic rings. The van der Waals surface area contributed by atoms with Gasteiger partial charge in [-0.3, -0.25) is 4.68 Å². The number of anilines is 1. The van der Waals surface area contributed by atoms with Crippen LogP contribution in [0.25, 0.3) is 0 Å². The molecule has 9 nitrogen and oxygen atoms in total. The number of likely N-dealkylation sites (tertiary alicyclic amines) is 1. The third-order valence-corrected chi connectivity index (χ3v) is 6.26. The van der Waals surface area contributed by atoms with E-state index in [1.54, 1.807) is 11.3 Å². The predicted molar refractivity (Wildman–Crippen MR) is 118 cm³/mol. The number of alkyl halides is 3. The first kappa shape index (κ1) is 26.6. The summed E-state index contributed by atoms with van der Waals surface area (Å²) in [6, 6.07) is 1.90. The third-order valence-electron chi connectivity index (χ3n) is 5.58. The molecule has 0 spiro atoms. The maximum atomic E-state index is 12.4. The van der Waals surface area contributed by atoms with Gasteiger partial charge >= 0.3 is 18.2 Å².